The van der Waals surface area contributed by atoms with Crippen LogP contribution in [-0.4, -0.2) is 33.7 Å². The lowest BCUT2D eigenvalue weighted by molar-refractivity contribution is 0.0329. The summed E-state index contributed by atoms with van der Waals surface area (Å²) in [7, 11) is 0. The van der Waals surface area contributed by atoms with Gasteiger partial charge in [0.1, 0.15) is 0 Å². The van der Waals surface area contributed by atoms with Gasteiger partial charge in [0.2, 0.25) is 5.89 Å². The van der Waals surface area contributed by atoms with Gasteiger partial charge in [-0.05, 0) is 32.5 Å². The summed E-state index contributed by atoms with van der Waals surface area (Å²) in [5.41, 5.74) is 0.0946. The number of rotatable bonds is 6. The molecule has 1 aromatic carbocycles. The predicted molar refractivity (Wildman–Crippen MR) is 84.2 cm³/mol. The van der Waals surface area contributed by atoms with Crippen molar-refractivity contribution in [3.05, 3.63) is 41.4 Å². The number of halogens is 1. The maximum atomic E-state index is 9.91. The lowest BCUT2D eigenvalue weighted by Gasteiger charge is -2.26. The molecule has 0 aliphatic heterocycles. The van der Waals surface area contributed by atoms with Crippen LogP contribution < -0.4 is 0 Å². The van der Waals surface area contributed by atoms with Crippen LogP contribution >= 0.6 is 11.6 Å². The molecule has 0 spiro atoms. The number of hydrogen-bond donors (Lipinski definition) is 1. The van der Waals surface area contributed by atoms with E-state index in [1.807, 2.05) is 31.2 Å². The lowest BCUT2D eigenvalue weighted by atomic mass is 10.1. The van der Waals surface area contributed by atoms with Crippen LogP contribution in [0.4, 0.5) is 0 Å². The van der Waals surface area contributed by atoms with Crippen molar-refractivity contribution in [2.24, 2.45) is 0 Å². The number of hydrogen-bond acceptors (Lipinski definition) is 4. The Morgan fingerprint density at radius 1 is 1.33 bits per heavy atom. The molecule has 5 heteroatoms. The second-order valence-corrected chi connectivity index (χ2v) is 6.12. The Morgan fingerprint density at radius 2 is 2.05 bits per heavy atom. The van der Waals surface area contributed by atoms with Gasteiger partial charge >= 0.3 is 0 Å². The Labute approximate surface area is 130 Å². The molecule has 0 bridgehead atoms. The summed E-state index contributed by atoms with van der Waals surface area (Å²) < 4.78 is 5.78. The SMILES string of the molecule is CCN(Cc1ncc(-c2ccccc2Cl)o1)CC(C)(C)O. The molecule has 0 aliphatic rings. The van der Waals surface area contributed by atoms with Crippen LogP contribution in [0.5, 0.6) is 0 Å². The molecule has 1 aromatic heterocycles. The van der Waals surface area contributed by atoms with E-state index in [1.54, 1.807) is 20.0 Å². The minimum absolute atomic E-state index is 0.560. The Kier molecular flexibility index (Phi) is 5.04. The van der Waals surface area contributed by atoms with E-state index in [0.29, 0.717) is 29.8 Å². The van der Waals surface area contributed by atoms with Crippen molar-refractivity contribution in [2.75, 3.05) is 13.1 Å². The molecule has 0 aliphatic carbocycles. The molecule has 4 nitrogen and oxygen atoms in total. The van der Waals surface area contributed by atoms with Gasteiger partial charge in [0.15, 0.2) is 5.76 Å². The van der Waals surface area contributed by atoms with Gasteiger partial charge in [0.25, 0.3) is 0 Å². The second-order valence-electron chi connectivity index (χ2n) is 5.71. The first-order valence-corrected chi connectivity index (χ1v) is 7.41. The molecular formula is C16H21ClN2O2. The van der Waals surface area contributed by atoms with E-state index < -0.39 is 5.60 Å². The third-order valence-corrected chi connectivity index (χ3v) is 3.44. The van der Waals surface area contributed by atoms with Crippen molar-refractivity contribution in [3.63, 3.8) is 0 Å². The maximum Gasteiger partial charge on any atom is 0.209 e. The van der Waals surface area contributed by atoms with Crippen molar-refractivity contribution in [3.8, 4) is 11.3 Å². The standard InChI is InChI=1S/C16H21ClN2O2/c1-4-19(11-16(2,3)20)10-15-18-9-14(21-15)12-7-5-6-8-13(12)17/h5-9,20H,4,10-11H2,1-3H3. The molecule has 2 aromatic rings. The first kappa shape index (κ1) is 16.0. The Balaban J connectivity index is 2.11. The molecule has 0 saturated heterocycles. The Bertz CT molecular complexity index is 590. The molecule has 0 radical (unpaired) electrons. The van der Waals surface area contributed by atoms with E-state index in [0.717, 1.165) is 12.1 Å². The van der Waals surface area contributed by atoms with Crippen molar-refractivity contribution in [1.82, 2.24) is 9.88 Å². The molecule has 114 valence electrons. The van der Waals surface area contributed by atoms with E-state index in [4.69, 9.17) is 16.0 Å². The summed E-state index contributed by atoms with van der Waals surface area (Å²) in [6, 6.07) is 7.52. The third-order valence-electron chi connectivity index (χ3n) is 3.11. The molecule has 0 atom stereocenters. The van der Waals surface area contributed by atoms with Gasteiger partial charge in [-0.2, -0.15) is 0 Å². The number of benzene rings is 1. The van der Waals surface area contributed by atoms with Crippen LogP contribution in [0.1, 0.15) is 26.7 Å². The first-order valence-electron chi connectivity index (χ1n) is 7.03. The second kappa shape index (κ2) is 6.60. The van der Waals surface area contributed by atoms with Crippen molar-refractivity contribution >= 4 is 11.6 Å². The van der Waals surface area contributed by atoms with Crippen LogP contribution in [0, 0.1) is 0 Å². The average Bonchev–Trinajstić information content (AvgIpc) is 2.85. The van der Waals surface area contributed by atoms with Gasteiger partial charge in [-0.25, -0.2) is 4.98 Å². The van der Waals surface area contributed by atoms with E-state index in [9.17, 15) is 5.11 Å². The largest absolute Gasteiger partial charge is 0.439 e. The van der Waals surface area contributed by atoms with Crippen LogP contribution in [-0.2, 0) is 6.54 Å². The average molecular weight is 309 g/mol. The highest BCUT2D eigenvalue weighted by molar-refractivity contribution is 6.33. The topological polar surface area (TPSA) is 49.5 Å². The highest BCUT2D eigenvalue weighted by Crippen LogP contribution is 2.28. The molecule has 1 N–H and O–H groups in total. The summed E-state index contributed by atoms with van der Waals surface area (Å²) in [5.74, 6) is 1.28. The molecule has 0 saturated carbocycles. The number of aromatic nitrogens is 1. The summed E-state index contributed by atoms with van der Waals surface area (Å²) in [6.07, 6.45) is 1.69. The molecule has 1 heterocycles. The highest BCUT2D eigenvalue weighted by Gasteiger charge is 2.19. The number of likely N-dealkylation sites (N-methyl/N-ethyl adjacent to an activating group) is 1. The van der Waals surface area contributed by atoms with Crippen LogP contribution in [0.3, 0.4) is 0 Å². The minimum Gasteiger partial charge on any atom is -0.439 e. The van der Waals surface area contributed by atoms with Crippen molar-refractivity contribution < 1.29 is 9.52 Å². The minimum atomic E-state index is -0.742. The third kappa shape index (κ3) is 4.56. The summed E-state index contributed by atoms with van der Waals surface area (Å²) in [6.45, 7) is 7.57. The normalized spacial score (nSPS) is 12.1. The van der Waals surface area contributed by atoms with E-state index in [1.165, 1.54) is 0 Å². The molecule has 0 unspecified atom stereocenters. The van der Waals surface area contributed by atoms with Crippen molar-refractivity contribution in [2.45, 2.75) is 32.9 Å². The number of nitrogens with zero attached hydrogens (tertiary/aromatic N) is 2. The molecular weight excluding hydrogens is 288 g/mol. The van der Waals surface area contributed by atoms with E-state index in [2.05, 4.69) is 9.88 Å². The predicted octanol–water partition coefficient (Wildman–Crippen LogP) is 3.59. The van der Waals surface area contributed by atoms with Gasteiger partial charge in [-0.15, -0.1) is 0 Å². The molecule has 21 heavy (non-hydrogen) atoms. The fourth-order valence-electron chi connectivity index (χ4n) is 2.19. The lowest BCUT2D eigenvalue weighted by Crippen LogP contribution is -2.38. The van der Waals surface area contributed by atoms with Crippen LogP contribution in [0.15, 0.2) is 34.9 Å². The monoisotopic (exact) mass is 308 g/mol. The van der Waals surface area contributed by atoms with E-state index >= 15 is 0 Å². The van der Waals surface area contributed by atoms with Gasteiger partial charge < -0.3 is 9.52 Å². The first-order chi connectivity index (χ1) is 9.89. The van der Waals surface area contributed by atoms with E-state index in [-0.39, 0.29) is 0 Å². The van der Waals surface area contributed by atoms with Gasteiger partial charge in [-0.3, -0.25) is 4.90 Å². The maximum absolute atomic E-state index is 9.91. The fourth-order valence-corrected chi connectivity index (χ4v) is 2.42. The zero-order valence-corrected chi connectivity index (χ0v) is 13.4. The molecule has 2 rings (SSSR count). The van der Waals surface area contributed by atoms with Crippen molar-refractivity contribution in [1.29, 1.82) is 0 Å². The number of oxazole rings is 1. The van der Waals surface area contributed by atoms with Crippen LogP contribution in [0.2, 0.25) is 5.02 Å². The fraction of sp³-hybridized carbons (Fsp3) is 0.438. The smallest absolute Gasteiger partial charge is 0.209 e. The van der Waals surface area contributed by atoms with Gasteiger partial charge in [0, 0.05) is 12.1 Å². The number of aliphatic hydroxyl groups is 1. The molecule has 0 amide bonds. The Hall–Kier alpha value is -1.36. The van der Waals surface area contributed by atoms with Gasteiger partial charge in [0.05, 0.1) is 23.4 Å². The zero-order valence-electron chi connectivity index (χ0n) is 12.6. The summed E-state index contributed by atoms with van der Waals surface area (Å²) in [5, 5.41) is 10.5. The Morgan fingerprint density at radius 3 is 2.67 bits per heavy atom. The summed E-state index contributed by atoms with van der Waals surface area (Å²) in [4.78, 5) is 6.39. The highest BCUT2D eigenvalue weighted by atomic mass is 35.5. The zero-order chi connectivity index (χ0) is 15.5. The summed E-state index contributed by atoms with van der Waals surface area (Å²) >= 11 is 6.16. The van der Waals surface area contributed by atoms with Gasteiger partial charge in [-0.1, -0.05) is 30.7 Å². The van der Waals surface area contributed by atoms with Crippen LogP contribution in [0.25, 0.3) is 11.3 Å². The quantitative estimate of drug-likeness (QED) is 0.886. The molecule has 0 fully saturated rings.